The third-order valence-corrected chi connectivity index (χ3v) is 2.82. The Labute approximate surface area is 88.6 Å². The van der Waals surface area contributed by atoms with E-state index in [1.807, 2.05) is 20.8 Å². The predicted octanol–water partition coefficient (Wildman–Crippen LogP) is 1.62. The van der Waals surface area contributed by atoms with Crippen molar-refractivity contribution in [1.29, 1.82) is 0 Å². The quantitative estimate of drug-likeness (QED) is 0.440. The van der Waals surface area contributed by atoms with Crippen molar-refractivity contribution in [3.05, 3.63) is 24.3 Å². The van der Waals surface area contributed by atoms with Crippen molar-refractivity contribution in [3.63, 3.8) is 0 Å². The van der Waals surface area contributed by atoms with Crippen LogP contribution in [0.4, 0.5) is 0 Å². The molecule has 1 N–H and O–H groups in total. The number of aliphatic hydroxyl groups is 1. The van der Waals surface area contributed by atoms with E-state index in [2.05, 4.69) is 17.6 Å². The van der Waals surface area contributed by atoms with Crippen molar-refractivity contribution in [2.75, 3.05) is 6.61 Å². The second-order valence-electron chi connectivity index (χ2n) is 3.88. The highest BCUT2D eigenvalue weighted by Gasteiger charge is 2.25. The zero-order valence-corrected chi connectivity index (χ0v) is 9.73. The van der Waals surface area contributed by atoms with Crippen molar-refractivity contribution < 1.29 is 9.66 Å². The standard InChI is InChI=1S/C10H17NO2S/c1-8(9(2)7-12)6-11-14(13)10(3,4)5/h6,12H,1-2,7H2,3-5H3. The Kier molecular flexibility index (Phi) is 5.12. The third kappa shape index (κ3) is 4.60. The molecule has 0 rings (SSSR count). The van der Waals surface area contributed by atoms with Gasteiger partial charge in [0.05, 0.1) is 12.8 Å². The molecule has 0 radical (unpaired) electrons. The van der Waals surface area contributed by atoms with E-state index in [-0.39, 0.29) is 11.4 Å². The lowest BCUT2D eigenvalue weighted by molar-refractivity contribution is 0.335. The molecule has 4 heteroatoms. The normalized spacial score (nSPS) is 14.4. The van der Waals surface area contributed by atoms with Crippen LogP contribution in [0.2, 0.25) is 0 Å². The fraction of sp³-hybridized carbons (Fsp3) is 0.500. The molecule has 0 aromatic heterocycles. The summed E-state index contributed by atoms with van der Waals surface area (Å²) < 4.78 is 14.9. The van der Waals surface area contributed by atoms with Crippen LogP contribution in [-0.2, 0) is 11.4 Å². The summed E-state index contributed by atoms with van der Waals surface area (Å²) in [6.45, 7) is 12.6. The van der Waals surface area contributed by atoms with Gasteiger partial charge in [-0.1, -0.05) is 17.6 Å². The lowest BCUT2D eigenvalue weighted by Gasteiger charge is -2.17. The maximum Gasteiger partial charge on any atom is 0.144 e. The van der Waals surface area contributed by atoms with Crippen LogP contribution in [0.15, 0.2) is 28.7 Å². The molecule has 1 atom stereocenters. The molecule has 0 saturated heterocycles. The van der Waals surface area contributed by atoms with Gasteiger partial charge < -0.3 is 9.66 Å². The summed E-state index contributed by atoms with van der Waals surface area (Å²) in [5, 5.41) is 8.73. The molecule has 0 aliphatic heterocycles. The van der Waals surface area contributed by atoms with Gasteiger partial charge in [-0.2, -0.15) is 0 Å². The van der Waals surface area contributed by atoms with Gasteiger partial charge in [-0.3, -0.25) is 0 Å². The highest BCUT2D eigenvalue weighted by atomic mass is 32.2. The van der Waals surface area contributed by atoms with Crippen molar-refractivity contribution in [2.45, 2.75) is 25.5 Å². The molecule has 0 saturated carbocycles. The minimum absolute atomic E-state index is 0.160. The summed E-state index contributed by atoms with van der Waals surface area (Å²) in [6.07, 6.45) is 1.39. The van der Waals surface area contributed by atoms with Crippen LogP contribution >= 0.6 is 0 Å². The van der Waals surface area contributed by atoms with Gasteiger partial charge in [0.1, 0.15) is 16.1 Å². The van der Waals surface area contributed by atoms with Crippen molar-refractivity contribution in [3.8, 4) is 0 Å². The van der Waals surface area contributed by atoms with E-state index in [0.717, 1.165) is 0 Å². The van der Waals surface area contributed by atoms with Crippen LogP contribution in [0.25, 0.3) is 0 Å². The minimum Gasteiger partial charge on any atom is -0.591 e. The first-order chi connectivity index (χ1) is 6.29. The lowest BCUT2D eigenvalue weighted by atomic mass is 10.2. The van der Waals surface area contributed by atoms with E-state index in [4.69, 9.17) is 5.11 Å². The summed E-state index contributed by atoms with van der Waals surface area (Å²) in [6, 6.07) is 0. The number of rotatable bonds is 4. The molecule has 3 nitrogen and oxygen atoms in total. The molecular formula is C10H17NO2S. The van der Waals surface area contributed by atoms with Crippen LogP contribution in [-0.4, -0.2) is 27.2 Å². The largest absolute Gasteiger partial charge is 0.591 e. The highest BCUT2D eigenvalue weighted by Crippen LogP contribution is 2.17. The Bertz CT molecular complexity index is 253. The highest BCUT2D eigenvalue weighted by molar-refractivity contribution is 7.91. The van der Waals surface area contributed by atoms with Gasteiger partial charge in [0, 0.05) is 0 Å². The topological polar surface area (TPSA) is 55.7 Å². The van der Waals surface area contributed by atoms with Crippen LogP contribution in [0.3, 0.4) is 0 Å². The van der Waals surface area contributed by atoms with Crippen molar-refractivity contribution in [2.24, 2.45) is 4.40 Å². The maximum absolute atomic E-state index is 11.5. The van der Waals surface area contributed by atoms with E-state index in [9.17, 15) is 4.55 Å². The molecule has 14 heavy (non-hydrogen) atoms. The number of aliphatic hydroxyl groups excluding tert-OH is 1. The second-order valence-corrected chi connectivity index (χ2v) is 5.82. The van der Waals surface area contributed by atoms with Gasteiger partial charge in [0.25, 0.3) is 0 Å². The van der Waals surface area contributed by atoms with Crippen LogP contribution < -0.4 is 0 Å². The van der Waals surface area contributed by atoms with Gasteiger partial charge in [0.2, 0.25) is 0 Å². The number of hydrogen-bond acceptors (Lipinski definition) is 3. The number of hydrogen-bond donors (Lipinski definition) is 1. The number of nitrogens with zero attached hydrogens (tertiary/aromatic N) is 1. The summed E-state index contributed by atoms with van der Waals surface area (Å²) in [4.78, 5) is 0. The van der Waals surface area contributed by atoms with E-state index >= 15 is 0 Å². The first kappa shape index (κ1) is 13.4. The fourth-order valence-electron chi connectivity index (χ4n) is 0.462. The fourth-order valence-corrected chi connectivity index (χ4v) is 1.00. The smallest absolute Gasteiger partial charge is 0.144 e. The maximum atomic E-state index is 11.5. The molecule has 0 spiro atoms. The summed E-state index contributed by atoms with van der Waals surface area (Å²) in [7, 11) is 0. The summed E-state index contributed by atoms with van der Waals surface area (Å²) in [5.74, 6) is 0. The molecule has 1 unspecified atom stereocenters. The average molecular weight is 215 g/mol. The molecule has 0 aromatic rings. The summed E-state index contributed by atoms with van der Waals surface area (Å²) in [5.41, 5.74) is 0.991. The summed E-state index contributed by atoms with van der Waals surface area (Å²) >= 11 is -1.29. The zero-order chi connectivity index (χ0) is 11.4. The molecule has 80 valence electrons. The molecular weight excluding hydrogens is 198 g/mol. The van der Waals surface area contributed by atoms with Gasteiger partial charge in [-0.05, 0) is 31.9 Å². The molecule has 0 aliphatic carbocycles. The first-order valence-corrected chi connectivity index (χ1v) is 5.33. The van der Waals surface area contributed by atoms with E-state index < -0.39 is 11.4 Å². The molecule has 0 amide bonds. The van der Waals surface area contributed by atoms with Gasteiger partial charge >= 0.3 is 0 Å². The van der Waals surface area contributed by atoms with Crippen LogP contribution in [0.5, 0.6) is 0 Å². The molecule has 0 bridgehead atoms. The van der Waals surface area contributed by atoms with Gasteiger partial charge in [0.15, 0.2) is 0 Å². The van der Waals surface area contributed by atoms with E-state index in [1.165, 1.54) is 6.21 Å². The molecule has 0 aromatic carbocycles. The Balaban J connectivity index is 4.32. The minimum atomic E-state index is -1.29. The van der Waals surface area contributed by atoms with E-state index in [1.54, 1.807) is 0 Å². The van der Waals surface area contributed by atoms with Crippen molar-refractivity contribution in [1.82, 2.24) is 0 Å². The molecule has 0 fully saturated rings. The van der Waals surface area contributed by atoms with Gasteiger partial charge in [-0.25, -0.2) is 0 Å². The Morgan fingerprint density at radius 2 is 2.00 bits per heavy atom. The Hall–Kier alpha value is -0.580. The predicted molar refractivity (Wildman–Crippen MR) is 61.8 cm³/mol. The van der Waals surface area contributed by atoms with Crippen LogP contribution in [0.1, 0.15) is 20.8 Å². The lowest BCUT2D eigenvalue weighted by Crippen LogP contribution is -2.25. The Morgan fingerprint density at radius 3 is 2.36 bits per heavy atom. The van der Waals surface area contributed by atoms with E-state index in [0.29, 0.717) is 11.1 Å². The Morgan fingerprint density at radius 1 is 1.50 bits per heavy atom. The van der Waals surface area contributed by atoms with Crippen LogP contribution in [0, 0.1) is 0 Å². The second kappa shape index (κ2) is 5.34. The monoisotopic (exact) mass is 215 g/mol. The molecule has 0 heterocycles. The third-order valence-electron chi connectivity index (χ3n) is 1.47. The van der Waals surface area contributed by atoms with Gasteiger partial charge in [-0.15, -0.1) is 0 Å². The zero-order valence-electron chi connectivity index (χ0n) is 8.91. The van der Waals surface area contributed by atoms with Crippen molar-refractivity contribution >= 4 is 17.6 Å². The average Bonchev–Trinajstić information content (AvgIpc) is 2.10. The SMILES string of the molecule is C=C(C=N[S+]([O-])C(C)(C)C)C(=C)CO. The molecule has 0 aliphatic rings. The first-order valence-electron chi connectivity index (χ1n) is 4.23.